The molecular weight excluding hydrogens is 266 g/mol. The van der Waals surface area contributed by atoms with Gasteiger partial charge in [-0.1, -0.05) is 30.3 Å². The van der Waals surface area contributed by atoms with Crippen LogP contribution >= 0.6 is 0 Å². The second kappa shape index (κ2) is 5.32. The fourth-order valence-corrected chi connectivity index (χ4v) is 2.30. The molecule has 4 nitrogen and oxygen atoms in total. The molecule has 106 valence electrons. The predicted molar refractivity (Wildman–Crippen MR) is 80.1 cm³/mol. The molecule has 1 aromatic heterocycles. The Kier molecular flexibility index (Phi) is 3.36. The van der Waals surface area contributed by atoms with Crippen LogP contribution in [0.15, 0.2) is 59.2 Å². The summed E-state index contributed by atoms with van der Waals surface area (Å²) in [5, 5.41) is 10.1. The van der Waals surface area contributed by atoms with Crippen molar-refractivity contribution in [3.05, 3.63) is 65.9 Å². The normalized spacial score (nSPS) is 10.7. The predicted octanol–water partition coefficient (Wildman–Crippen LogP) is 3.41. The van der Waals surface area contributed by atoms with Crippen LogP contribution in [0.25, 0.3) is 11.0 Å². The smallest absolute Gasteiger partial charge is 0.257 e. The zero-order chi connectivity index (χ0) is 14.8. The molecule has 3 rings (SSSR count). The number of furan rings is 1. The Morgan fingerprint density at radius 3 is 2.62 bits per heavy atom. The zero-order valence-electron chi connectivity index (χ0n) is 11.6. The van der Waals surface area contributed by atoms with E-state index >= 15 is 0 Å². The summed E-state index contributed by atoms with van der Waals surface area (Å²) in [6.45, 7) is 0.471. The average molecular weight is 281 g/mol. The second-order valence-electron chi connectivity index (χ2n) is 4.97. The minimum atomic E-state index is -0.0898. The highest BCUT2D eigenvalue weighted by Gasteiger charge is 2.17. The first-order valence-corrected chi connectivity index (χ1v) is 6.65. The molecular formula is C17H15NO3. The van der Waals surface area contributed by atoms with Crippen LogP contribution in [-0.2, 0) is 6.54 Å². The number of amides is 1. The molecule has 0 atom stereocenters. The summed E-state index contributed by atoms with van der Waals surface area (Å²) in [4.78, 5) is 14.1. The average Bonchev–Trinajstić information content (AvgIpc) is 2.92. The van der Waals surface area contributed by atoms with E-state index in [-0.39, 0.29) is 11.7 Å². The molecule has 0 radical (unpaired) electrons. The van der Waals surface area contributed by atoms with E-state index in [1.807, 2.05) is 24.3 Å². The summed E-state index contributed by atoms with van der Waals surface area (Å²) in [7, 11) is 1.75. The number of nitrogens with zero attached hydrogens (tertiary/aromatic N) is 1. The van der Waals surface area contributed by atoms with Crippen LogP contribution in [0.2, 0.25) is 0 Å². The lowest BCUT2D eigenvalue weighted by Gasteiger charge is -2.16. The summed E-state index contributed by atoms with van der Waals surface area (Å²) in [6, 6.07) is 14.3. The molecule has 0 aliphatic carbocycles. The molecule has 0 bridgehead atoms. The molecule has 0 unspecified atom stereocenters. The summed E-state index contributed by atoms with van der Waals surface area (Å²) >= 11 is 0. The molecule has 0 saturated heterocycles. The van der Waals surface area contributed by atoms with E-state index in [2.05, 4.69) is 0 Å². The number of aromatic hydroxyl groups is 1. The number of phenols is 1. The number of fused-ring (bicyclic) bond motifs is 1. The Hall–Kier alpha value is -2.75. The Morgan fingerprint density at radius 1 is 1.14 bits per heavy atom. The van der Waals surface area contributed by atoms with Gasteiger partial charge < -0.3 is 14.4 Å². The van der Waals surface area contributed by atoms with Gasteiger partial charge in [-0.2, -0.15) is 0 Å². The van der Waals surface area contributed by atoms with Gasteiger partial charge in [-0.05, 0) is 23.8 Å². The van der Waals surface area contributed by atoms with Crippen LogP contribution in [0.1, 0.15) is 15.9 Å². The van der Waals surface area contributed by atoms with Gasteiger partial charge in [0.05, 0.1) is 5.56 Å². The highest BCUT2D eigenvalue weighted by Crippen LogP contribution is 2.22. The van der Waals surface area contributed by atoms with Crippen molar-refractivity contribution in [2.45, 2.75) is 6.54 Å². The number of hydrogen-bond donors (Lipinski definition) is 1. The summed E-state index contributed by atoms with van der Waals surface area (Å²) in [5.41, 5.74) is 2.22. The molecule has 0 aliphatic heterocycles. The van der Waals surface area contributed by atoms with Gasteiger partial charge in [0.1, 0.15) is 17.6 Å². The van der Waals surface area contributed by atoms with Crippen molar-refractivity contribution < 1.29 is 14.3 Å². The number of rotatable bonds is 3. The van der Waals surface area contributed by atoms with Crippen molar-refractivity contribution in [2.75, 3.05) is 7.05 Å². The van der Waals surface area contributed by atoms with E-state index in [1.54, 1.807) is 36.2 Å². The first-order chi connectivity index (χ1) is 10.1. The van der Waals surface area contributed by atoms with Crippen molar-refractivity contribution in [1.29, 1.82) is 0 Å². The largest absolute Gasteiger partial charge is 0.508 e. The molecule has 1 amide bonds. The van der Waals surface area contributed by atoms with E-state index in [0.29, 0.717) is 17.7 Å². The summed E-state index contributed by atoms with van der Waals surface area (Å²) in [6.07, 6.45) is 1.50. The van der Waals surface area contributed by atoms with Crippen LogP contribution in [-0.4, -0.2) is 23.0 Å². The molecule has 3 aromatic rings. The lowest BCUT2D eigenvalue weighted by Crippen LogP contribution is -2.25. The highest BCUT2D eigenvalue weighted by molar-refractivity contribution is 6.05. The topological polar surface area (TPSA) is 53.7 Å². The van der Waals surface area contributed by atoms with E-state index in [0.717, 1.165) is 10.9 Å². The second-order valence-corrected chi connectivity index (χ2v) is 4.97. The molecule has 1 heterocycles. The SMILES string of the molecule is CN(Cc1ccc(O)cc1)C(=O)c1coc2ccccc12. The van der Waals surface area contributed by atoms with E-state index in [9.17, 15) is 9.90 Å². The quantitative estimate of drug-likeness (QED) is 0.800. The summed E-state index contributed by atoms with van der Waals surface area (Å²) in [5.74, 6) is 0.126. The van der Waals surface area contributed by atoms with Crippen molar-refractivity contribution in [2.24, 2.45) is 0 Å². The lowest BCUT2D eigenvalue weighted by atomic mass is 10.1. The fourth-order valence-electron chi connectivity index (χ4n) is 2.30. The van der Waals surface area contributed by atoms with Gasteiger partial charge in [-0.25, -0.2) is 0 Å². The Morgan fingerprint density at radius 2 is 1.86 bits per heavy atom. The van der Waals surface area contributed by atoms with E-state index < -0.39 is 0 Å². The van der Waals surface area contributed by atoms with Gasteiger partial charge in [0, 0.05) is 19.0 Å². The standard InChI is InChI=1S/C17H15NO3/c1-18(10-12-6-8-13(19)9-7-12)17(20)15-11-21-16-5-3-2-4-14(15)16/h2-9,11,19H,10H2,1H3. The highest BCUT2D eigenvalue weighted by atomic mass is 16.3. The molecule has 0 saturated carbocycles. The Bertz CT molecular complexity index is 774. The van der Waals surface area contributed by atoms with Crippen LogP contribution < -0.4 is 0 Å². The van der Waals surface area contributed by atoms with Gasteiger partial charge >= 0.3 is 0 Å². The Labute approximate surface area is 122 Å². The molecule has 0 fully saturated rings. The molecule has 0 aliphatic rings. The van der Waals surface area contributed by atoms with Crippen LogP contribution in [0, 0.1) is 0 Å². The van der Waals surface area contributed by atoms with Crippen molar-refractivity contribution in [3.63, 3.8) is 0 Å². The third kappa shape index (κ3) is 2.60. The monoisotopic (exact) mass is 281 g/mol. The maximum Gasteiger partial charge on any atom is 0.257 e. The summed E-state index contributed by atoms with van der Waals surface area (Å²) < 4.78 is 5.41. The van der Waals surface area contributed by atoms with Gasteiger partial charge in [0.25, 0.3) is 5.91 Å². The fraction of sp³-hybridized carbons (Fsp3) is 0.118. The zero-order valence-corrected chi connectivity index (χ0v) is 11.6. The minimum absolute atomic E-state index is 0.0898. The number of benzene rings is 2. The first kappa shape index (κ1) is 13.2. The van der Waals surface area contributed by atoms with Gasteiger partial charge in [0.2, 0.25) is 0 Å². The molecule has 2 aromatic carbocycles. The van der Waals surface area contributed by atoms with E-state index in [1.165, 1.54) is 6.26 Å². The Balaban J connectivity index is 1.82. The molecule has 21 heavy (non-hydrogen) atoms. The third-order valence-electron chi connectivity index (χ3n) is 3.41. The van der Waals surface area contributed by atoms with Gasteiger partial charge in [-0.15, -0.1) is 0 Å². The number of hydrogen-bond acceptors (Lipinski definition) is 3. The number of para-hydroxylation sites is 1. The van der Waals surface area contributed by atoms with Gasteiger partial charge in [0.15, 0.2) is 0 Å². The third-order valence-corrected chi connectivity index (χ3v) is 3.41. The van der Waals surface area contributed by atoms with Crippen molar-refractivity contribution >= 4 is 16.9 Å². The van der Waals surface area contributed by atoms with Crippen molar-refractivity contribution in [3.8, 4) is 5.75 Å². The minimum Gasteiger partial charge on any atom is -0.508 e. The van der Waals surface area contributed by atoms with Gasteiger partial charge in [-0.3, -0.25) is 4.79 Å². The van der Waals surface area contributed by atoms with E-state index in [4.69, 9.17) is 4.42 Å². The number of phenolic OH excluding ortho intramolecular Hbond substituents is 1. The number of carbonyl (C=O) groups excluding carboxylic acids is 1. The first-order valence-electron chi connectivity index (χ1n) is 6.65. The maximum absolute atomic E-state index is 12.5. The number of carbonyl (C=O) groups is 1. The van der Waals surface area contributed by atoms with Crippen LogP contribution in [0.4, 0.5) is 0 Å². The molecule has 4 heteroatoms. The van der Waals surface area contributed by atoms with Crippen molar-refractivity contribution in [1.82, 2.24) is 4.90 Å². The van der Waals surface area contributed by atoms with Crippen LogP contribution in [0.3, 0.4) is 0 Å². The maximum atomic E-state index is 12.5. The molecule has 0 spiro atoms. The lowest BCUT2D eigenvalue weighted by molar-refractivity contribution is 0.0786. The van der Waals surface area contributed by atoms with Crippen LogP contribution in [0.5, 0.6) is 5.75 Å². The molecule has 1 N–H and O–H groups in total.